The third-order valence-corrected chi connectivity index (χ3v) is 3.03. The van der Waals surface area contributed by atoms with E-state index >= 15 is 0 Å². The van der Waals surface area contributed by atoms with Gasteiger partial charge < -0.3 is 5.11 Å². The van der Waals surface area contributed by atoms with Gasteiger partial charge >= 0.3 is 5.97 Å². The topological polar surface area (TPSA) is 59.0 Å². The van der Waals surface area contributed by atoms with E-state index in [4.69, 9.17) is 5.11 Å². The van der Waals surface area contributed by atoms with Crippen LogP contribution in [0.5, 0.6) is 0 Å². The quantitative estimate of drug-likeness (QED) is 0.617. The maximum Gasteiger partial charge on any atom is 0.335 e. The summed E-state index contributed by atoms with van der Waals surface area (Å²) in [6.07, 6.45) is 0. The smallest absolute Gasteiger partial charge is 0.335 e. The molecule has 0 fully saturated rings. The number of carboxylic acid groups (broad SMARTS) is 1. The molecule has 0 saturated carbocycles. The predicted molar refractivity (Wildman–Crippen MR) is 63.7 cm³/mol. The number of benzene rings is 1. The predicted octanol–water partition coefficient (Wildman–Crippen LogP) is 0.992. The highest BCUT2D eigenvalue weighted by Crippen LogP contribution is 2.07. The fraction of sp³-hybridized carbons (Fsp3) is 0.182. The second-order valence-electron chi connectivity index (χ2n) is 3.67. The van der Waals surface area contributed by atoms with Crippen molar-refractivity contribution in [1.29, 1.82) is 0 Å². The summed E-state index contributed by atoms with van der Waals surface area (Å²) in [6.45, 7) is 1.91. The van der Waals surface area contributed by atoms with E-state index in [2.05, 4.69) is 17.7 Å². The average Bonchev–Trinajstić information content (AvgIpc) is 2.57. The number of carbonyl (C=O) groups is 1. The first kappa shape index (κ1) is 11.7. The minimum Gasteiger partial charge on any atom is -0.478 e. The molecule has 17 heavy (non-hydrogen) atoms. The summed E-state index contributed by atoms with van der Waals surface area (Å²) in [5.41, 5.74) is 1.07. The number of hydrogen-bond donors (Lipinski definition) is 2. The van der Waals surface area contributed by atoms with E-state index < -0.39 is 5.97 Å². The standard InChI is InChI=1S/C11H11N3O2S/c1-7-13(2)11(17)12-14(7)9-5-3-8(4-6-9)10(15)16/h3-6H,1-2H3,(H-,12,15,16,17)/p+1. The van der Waals surface area contributed by atoms with Gasteiger partial charge in [-0.3, -0.25) is 0 Å². The van der Waals surface area contributed by atoms with Crippen molar-refractivity contribution >= 4 is 18.6 Å². The van der Waals surface area contributed by atoms with Crippen molar-refractivity contribution in [3.05, 3.63) is 35.7 Å². The average molecular weight is 250 g/mol. The van der Waals surface area contributed by atoms with E-state index in [1.54, 1.807) is 28.9 Å². The van der Waals surface area contributed by atoms with Gasteiger partial charge in [-0.2, -0.15) is 0 Å². The van der Waals surface area contributed by atoms with Gasteiger partial charge in [0.15, 0.2) is 5.69 Å². The van der Waals surface area contributed by atoms with E-state index in [1.807, 2.05) is 18.5 Å². The third kappa shape index (κ3) is 2.03. The Labute approximate surface area is 104 Å². The molecule has 6 heteroatoms. The van der Waals surface area contributed by atoms with Crippen molar-refractivity contribution in [3.8, 4) is 5.69 Å². The molecular weight excluding hydrogens is 238 g/mol. The minimum absolute atomic E-state index is 0.258. The van der Waals surface area contributed by atoms with Crippen LogP contribution in [0.4, 0.5) is 0 Å². The zero-order valence-electron chi connectivity index (χ0n) is 9.45. The summed E-state index contributed by atoms with van der Waals surface area (Å²) in [7, 11) is 1.87. The van der Waals surface area contributed by atoms with E-state index in [-0.39, 0.29) is 5.56 Å². The summed E-state index contributed by atoms with van der Waals surface area (Å²) >= 11 is 4.23. The number of aromatic carboxylic acids is 1. The molecule has 0 radical (unpaired) electrons. The fourth-order valence-corrected chi connectivity index (χ4v) is 1.74. The molecule has 2 rings (SSSR count). The Balaban J connectivity index is 2.47. The molecule has 0 aliphatic rings. The van der Waals surface area contributed by atoms with E-state index in [0.717, 1.165) is 11.5 Å². The van der Waals surface area contributed by atoms with Crippen molar-refractivity contribution in [1.82, 2.24) is 9.67 Å². The van der Waals surface area contributed by atoms with Crippen LogP contribution >= 0.6 is 12.6 Å². The van der Waals surface area contributed by atoms with Crippen LogP contribution in [0, 0.1) is 6.92 Å². The Morgan fingerprint density at radius 2 is 2.00 bits per heavy atom. The molecule has 0 unspecified atom stereocenters. The van der Waals surface area contributed by atoms with Crippen LogP contribution in [0.3, 0.4) is 0 Å². The maximum atomic E-state index is 10.7. The van der Waals surface area contributed by atoms with Crippen LogP contribution in [-0.2, 0) is 7.05 Å². The molecule has 1 heterocycles. The van der Waals surface area contributed by atoms with Crippen molar-refractivity contribution in [2.24, 2.45) is 7.05 Å². The van der Waals surface area contributed by atoms with Gasteiger partial charge in [0.2, 0.25) is 0 Å². The van der Waals surface area contributed by atoms with Crippen LogP contribution in [0.15, 0.2) is 29.4 Å². The number of aromatic nitrogens is 3. The molecule has 0 spiro atoms. The molecule has 88 valence electrons. The molecule has 0 atom stereocenters. The fourth-order valence-electron chi connectivity index (χ4n) is 1.51. The number of hydrogen-bond acceptors (Lipinski definition) is 3. The number of rotatable bonds is 2. The number of thiol groups is 1. The number of nitrogens with zero attached hydrogens (tertiary/aromatic N) is 3. The lowest BCUT2D eigenvalue weighted by molar-refractivity contribution is -0.665. The van der Waals surface area contributed by atoms with Crippen molar-refractivity contribution in [2.75, 3.05) is 0 Å². The molecule has 0 bridgehead atoms. The zero-order valence-corrected chi connectivity index (χ0v) is 10.3. The third-order valence-electron chi connectivity index (χ3n) is 2.64. The number of carboxylic acids is 1. The summed E-state index contributed by atoms with van der Waals surface area (Å²) in [5, 5.41) is 13.7. The van der Waals surface area contributed by atoms with Crippen LogP contribution < -0.4 is 4.68 Å². The second kappa shape index (κ2) is 4.21. The summed E-state index contributed by atoms with van der Waals surface area (Å²) in [5.74, 6) is -0.0211. The highest BCUT2D eigenvalue weighted by atomic mass is 32.1. The van der Waals surface area contributed by atoms with Gasteiger partial charge in [-0.15, -0.1) is 0 Å². The Kier molecular flexibility index (Phi) is 2.89. The van der Waals surface area contributed by atoms with Gasteiger partial charge in [0.1, 0.15) is 0 Å². The Bertz CT molecular complexity index is 575. The summed E-state index contributed by atoms with van der Waals surface area (Å²) < 4.78 is 3.56. The normalized spacial score (nSPS) is 10.5. The van der Waals surface area contributed by atoms with Gasteiger partial charge in [-0.1, -0.05) is 17.3 Å². The monoisotopic (exact) mass is 250 g/mol. The highest BCUT2D eigenvalue weighted by molar-refractivity contribution is 7.80. The first-order valence-corrected chi connectivity index (χ1v) is 5.44. The molecular formula is C11H12N3O2S+. The van der Waals surface area contributed by atoms with Gasteiger partial charge in [-0.25, -0.2) is 9.36 Å². The molecule has 2 aromatic rings. The SMILES string of the molecule is Cc1n(C)c(S)n[n+]1-c1ccc(C(=O)O)cc1. The lowest BCUT2D eigenvalue weighted by Gasteiger charge is -1.97. The van der Waals surface area contributed by atoms with Crippen molar-refractivity contribution in [2.45, 2.75) is 12.1 Å². The van der Waals surface area contributed by atoms with Crippen LogP contribution in [0.2, 0.25) is 0 Å². The molecule has 0 saturated heterocycles. The molecule has 1 N–H and O–H groups in total. The Morgan fingerprint density at radius 1 is 1.41 bits per heavy atom. The first-order chi connectivity index (χ1) is 8.00. The van der Waals surface area contributed by atoms with Gasteiger partial charge in [0.05, 0.1) is 12.6 Å². The van der Waals surface area contributed by atoms with Crippen molar-refractivity contribution < 1.29 is 14.6 Å². The largest absolute Gasteiger partial charge is 0.478 e. The molecule has 5 nitrogen and oxygen atoms in total. The summed E-state index contributed by atoms with van der Waals surface area (Å²) in [6, 6.07) is 6.54. The Hall–Kier alpha value is -1.82. The lowest BCUT2D eigenvalue weighted by Crippen LogP contribution is -2.36. The van der Waals surface area contributed by atoms with E-state index in [9.17, 15) is 4.79 Å². The van der Waals surface area contributed by atoms with Crippen LogP contribution in [0.1, 0.15) is 16.2 Å². The molecule has 0 amide bonds. The molecule has 0 aliphatic carbocycles. The van der Waals surface area contributed by atoms with Gasteiger partial charge in [0, 0.05) is 6.92 Å². The maximum absolute atomic E-state index is 10.7. The van der Waals surface area contributed by atoms with E-state index in [1.165, 1.54) is 0 Å². The summed E-state index contributed by atoms with van der Waals surface area (Å²) in [4.78, 5) is 10.7. The van der Waals surface area contributed by atoms with Crippen molar-refractivity contribution in [3.63, 3.8) is 0 Å². The molecule has 1 aromatic heterocycles. The Morgan fingerprint density at radius 3 is 2.41 bits per heavy atom. The van der Waals surface area contributed by atoms with Crippen LogP contribution in [-0.4, -0.2) is 20.7 Å². The first-order valence-electron chi connectivity index (χ1n) is 4.99. The van der Waals surface area contributed by atoms with E-state index in [0.29, 0.717) is 5.16 Å². The molecule has 0 aliphatic heterocycles. The minimum atomic E-state index is -0.936. The lowest BCUT2D eigenvalue weighted by atomic mass is 10.2. The van der Waals surface area contributed by atoms with Gasteiger partial charge in [0.25, 0.3) is 11.0 Å². The second-order valence-corrected chi connectivity index (χ2v) is 4.07. The molecule has 1 aromatic carbocycles. The van der Waals surface area contributed by atoms with Gasteiger partial charge in [-0.05, 0) is 29.4 Å². The zero-order chi connectivity index (χ0) is 12.6. The highest BCUT2D eigenvalue weighted by Gasteiger charge is 2.18. The van der Waals surface area contributed by atoms with Crippen LogP contribution in [0.25, 0.3) is 5.69 Å².